The number of carbonyl (C=O) groups is 3. The Morgan fingerprint density at radius 1 is 1.17 bits per heavy atom. The van der Waals surface area contributed by atoms with Crippen LogP contribution in [-0.4, -0.2) is 64.8 Å². The van der Waals surface area contributed by atoms with Gasteiger partial charge in [0, 0.05) is 16.9 Å². The molecule has 4 unspecified atom stereocenters. The zero-order valence-corrected chi connectivity index (χ0v) is 20.4. The molecule has 0 amide bonds. The smallest absolute Gasteiger partial charge is 0.321 e. The Bertz CT molecular complexity index is 670. The molecule has 5 atom stereocenters. The lowest BCUT2D eigenvalue weighted by atomic mass is 9.57. The lowest BCUT2D eigenvalue weighted by Gasteiger charge is -2.51. The number of carbonyl (C=O) groups excluding carboxylic acids is 2. The molecule has 0 aliphatic heterocycles. The van der Waals surface area contributed by atoms with Gasteiger partial charge in [-0.25, -0.2) is 0 Å². The zero-order valence-electron chi connectivity index (χ0n) is 18.7. The third kappa shape index (κ3) is 5.53. The predicted molar refractivity (Wildman–Crippen MR) is 122 cm³/mol. The average molecular weight is 462 g/mol. The van der Waals surface area contributed by atoms with Gasteiger partial charge < -0.3 is 20.3 Å². The van der Waals surface area contributed by atoms with E-state index in [9.17, 15) is 19.5 Å². The molecule has 1 rings (SSSR count). The van der Waals surface area contributed by atoms with Crippen LogP contribution in [0.5, 0.6) is 0 Å². The van der Waals surface area contributed by atoms with Gasteiger partial charge >= 0.3 is 17.9 Å². The van der Waals surface area contributed by atoms with Gasteiger partial charge in [0.15, 0.2) is 0 Å². The molecule has 0 radical (unpaired) electrons. The third-order valence-electron chi connectivity index (χ3n) is 5.61. The number of hydrogen-bond donors (Lipinski definition) is 2. The van der Waals surface area contributed by atoms with Crippen molar-refractivity contribution in [1.82, 2.24) is 0 Å². The van der Waals surface area contributed by atoms with Crippen molar-refractivity contribution < 1.29 is 29.0 Å². The maximum atomic E-state index is 13.3. The van der Waals surface area contributed by atoms with Gasteiger partial charge in [-0.1, -0.05) is 18.6 Å². The Labute approximate surface area is 187 Å². The quantitative estimate of drug-likeness (QED) is 0.354. The van der Waals surface area contributed by atoms with E-state index >= 15 is 0 Å². The Kier molecular flexibility index (Phi) is 10.2. The Balaban J connectivity index is 3.56. The highest BCUT2D eigenvalue weighted by atomic mass is 32.2. The van der Waals surface area contributed by atoms with E-state index in [1.54, 1.807) is 25.6 Å². The zero-order chi connectivity index (χ0) is 23.1. The minimum Gasteiger partial charge on any atom is -0.480 e. The summed E-state index contributed by atoms with van der Waals surface area (Å²) in [6.45, 7) is 11.5. The molecule has 0 aromatic heterocycles. The van der Waals surface area contributed by atoms with E-state index in [1.807, 2.05) is 33.8 Å². The summed E-state index contributed by atoms with van der Waals surface area (Å²) >= 11 is 2.98. The Morgan fingerprint density at radius 2 is 1.73 bits per heavy atom. The van der Waals surface area contributed by atoms with Gasteiger partial charge in [-0.2, -0.15) is 23.5 Å². The van der Waals surface area contributed by atoms with Crippen LogP contribution in [-0.2, 0) is 23.9 Å². The Hall–Kier alpha value is -1.19. The minimum absolute atomic E-state index is 0.143. The van der Waals surface area contributed by atoms with Crippen LogP contribution in [0, 0.1) is 16.7 Å². The molecule has 172 valence electrons. The van der Waals surface area contributed by atoms with Crippen LogP contribution < -0.4 is 5.73 Å². The maximum Gasteiger partial charge on any atom is 0.321 e. The fourth-order valence-electron chi connectivity index (χ4n) is 4.11. The normalized spacial score (nSPS) is 29.6. The summed E-state index contributed by atoms with van der Waals surface area (Å²) in [5.74, 6) is -0.707. The Morgan fingerprint density at radius 3 is 2.23 bits per heavy atom. The van der Waals surface area contributed by atoms with Gasteiger partial charge in [0.05, 0.1) is 24.0 Å². The molecule has 0 saturated heterocycles. The first-order chi connectivity index (χ1) is 14.0. The van der Waals surface area contributed by atoms with Crippen molar-refractivity contribution in [2.75, 3.05) is 30.5 Å². The van der Waals surface area contributed by atoms with Crippen LogP contribution in [0.3, 0.4) is 0 Å². The second-order valence-electron chi connectivity index (χ2n) is 7.76. The van der Waals surface area contributed by atoms with E-state index in [4.69, 9.17) is 15.2 Å². The van der Waals surface area contributed by atoms with Crippen LogP contribution in [0.2, 0.25) is 0 Å². The molecule has 0 saturated carbocycles. The van der Waals surface area contributed by atoms with Gasteiger partial charge in [-0.15, -0.1) is 0 Å². The number of rotatable bonds is 11. The fraction of sp³-hybridized carbons (Fsp3) is 0.762. The summed E-state index contributed by atoms with van der Waals surface area (Å²) in [5, 5.41) is 8.81. The third-order valence-corrected chi connectivity index (χ3v) is 8.34. The van der Waals surface area contributed by atoms with Crippen molar-refractivity contribution in [2.45, 2.75) is 52.8 Å². The molecule has 0 heterocycles. The lowest BCUT2D eigenvalue weighted by Crippen LogP contribution is -2.58. The lowest BCUT2D eigenvalue weighted by molar-refractivity contribution is -0.167. The SMILES string of the molecule is CCOC(=O)C1(C)C=C(C)C(SC[C@H](N)C(=O)O)C(C)(C(=O)OCC)C1CSCC. The van der Waals surface area contributed by atoms with Gasteiger partial charge in [-0.3, -0.25) is 14.4 Å². The fourth-order valence-corrected chi connectivity index (χ4v) is 6.75. The first kappa shape index (κ1) is 26.8. The molecule has 3 N–H and O–H groups in total. The molecule has 30 heavy (non-hydrogen) atoms. The van der Waals surface area contributed by atoms with Gasteiger partial charge in [0.25, 0.3) is 0 Å². The van der Waals surface area contributed by atoms with E-state index < -0.39 is 34.7 Å². The molecule has 1 aliphatic carbocycles. The number of esters is 2. The predicted octanol–water partition coefficient (Wildman–Crippen LogP) is 2.97. The summed E-state index contributed by atoms with van der Waals surface area (Å²) in [5.41, 5.74) is 4.49. The molecule has 0 aromatic rings. The molecular weight excluding hydrogens is 426 g/mol. The van der Waals surface area contributed by atoms with Gasteiger partial charge in [0.1, 0.15) is 6.04 Å². The molecule has 0 fully saturated rings. The number of hydrogen-bond acceptors (Lipinski definition) is 8. The molecule has 0 bridgehead atoms. The minimum atomic E-state index is -1.09. The number of nitrogens with two attached hydrogens (primary N) is 1. The topological polar surface area (TPSA) is 116 Å². The van der Waals surface area contributed by atoms with Crippen molar-refractivity contribution in [2.24, 2.45) is 22.5 Å². The van der Waals surface area contributed by atoms with Crippen LogP contribution in [0.4, 0.5) is 0 Å². The summed E-state index contributed by atoms with van der Waals surface area (Å²) < 4.78 is 10.9. The van der Waals surface area contributed by atoms with Crippen molar-refractivity contribution in [3.8, 4) is 0 Å². The van der Waals surface area contributed by atoms with Crippen molar-refractivity contribution in [1.29, 1.82) is 0 Å². The van der Waals surface area contributed by atoms with Crippen LogP contribution in [0.25, 0.3) is 0 Å². The maximum absolute atomic E-state index is 13.3. The number of aliphatic carboxylic acids is 1. The monoisotopic (exact) mass is 461 g/mol. The highest BCUT2D eigenvalue weighted by Crippen LogP contribution is 2.56. The molecule has 0 aromatic carbocycles. The number of carboxylic acids is 1. The van der Waals surface area contributed by atoms with Gasteiger partial charge in [0.2, 0.25) is 0 Å². The largest absolute Gasteiger partial charge is 0.480 e. The summed E-state index contributed by atoms with van der Waals surface area (Å²) in [4.78, 5) is 37.6. The summed E-state index contributed by atoms with van der Waals surface area (Å²) in [6, 6.07) is -1.05. The van der Waals surface area contributed by atoms with E-state index in [1.165, 1.54) is 11.8 Å². The molecule has 7 nitrogen and oxygen atoms in total. The highest BCUT2D eigenvalue weighted by Gasteiger charge is 2.61. The van der Waals surface area contributed by atoms with Gasteiger partial charge in [-0.05, 0) is 46.1 Å². The van der Waals surface area contributed by atoms with Crippen LogP contribution in [0.15, 0.2) is 11.6 Å². The van der Waals surface area contributed by atoms with E-state index in [-0.39, 0.29) is 30.2 Å². The van der Waals surface area contributed by atoms with Crippen molar-refractivity contribution >= 4 is 41.4 Å². The van der Waals surface area contributed by atoms with E-state index in [0.29, 0.717) is 5.75 Å². The molecule has 0 spiro atoms. The van der Waals surface area contributed by atoms with Crippen molar-refractivity contribution in [3.05, 3.63) is 11.6 Å². The van der Waals surface area contributed by atoms with E-state index in [0.717, 1.165) is 11.3 Å². The average Bonchev–Trinajstić information content (AvgIpc) is 2.67. The first-order valence-corrected chi connectivity index (χ1v) is 12.4. The van der Waals surface area contributed by atoms with Crippen LogP contribution >= 0.6 is 23.5 Å². The number of thioether (sulfide) groups is 2. The first-order valence-electron chi connectivity index (χ1n) is 10.2. The number of carboxylic acid groups (broad SMARTS) is 1. The second kappa shape index (κ2) is 11.4. The highest BCUT2D eigenvalue weighted by molar-refractivity contribution is 8.00. The van der Waals surface area contributed by atoms with Crippen molar-refractivity contribution in [3.63, 3.8) is 0 Å². The molecule has 9 heteroatoms. The summed E-state index contributed by atoms with van der Waals surface area (Å²) in [7, 11) is 0. The molecular formula is C21H35NO6S2. The second-order valence-corrected chi connectivity index (χ2v) is 10.2. The number of ether oxygens (including phenoxy) is 2. The molecule has 1 aliphatic rings. The standard InChI is InChI=1S/C21H35NO6S2/c1-7-27-18(25)20(5)10-13(4)16(30-11-14(22)17(23)24)21(6,19(26)28-8-2)15(20)12-29-9-3/h10,14-16H,7-9,11-12,22H2,1-6H3,(H,23,24)/t14-,15?,16?,20?,21?/m0/s1. The van der Waals surface area contributed by atoms with Crippen LogP contribution in [0.1, 0.15) is 41.5 Å². The summed E-state index contributed by atoms with van der Waals surface area (Å²) in [6.07, 6.45) is 1.89. The van der Waals surface area contributed by atoms with E-state index in [2.05, 4.69) is 0 Å².